The standard InChI is InChI=1S/C17H18N2OS/c1-12(16-8-5-9-21-16)19(2)17(20)10-13-11-18-15-7-4-3-6-14(13)15/h3-9,11-12,18H,10H2,1-2H3/t12-/m0/s1. The Hall–Kier alpha value is -2.07. The van der Waals surface area contributed by atoms with Crippen LogP contribution in [-0.4, -0.2) is 22.8 Å². The SMILES string of the molecule is C[C@@H](c1cccs1)N(C)C(=O)Cc1c[nH]c2ccccc12. The highest BCUT2D eigenvalue weighted by molar-refractivity contribution is 7.10. The number of thiophene rings is 1. The number of carbonyl (C=O) groups excluding carboxylic acids is 1. The van der Waals surface area contributed by atoms with Gasteiger partial charge in [0.05, 0.1) is 12.5 Å². The van der Waals surface area contributed by atoms with Crippen molar-refractivity contribution in [2.45, 2.75) is 19.4 Å². The van der Waals surface area contributed by atoms with Gasteiger partial charge in [0.1, 0.15) is 0 Å². The number of hydrogen-bond donors (Lipinski definition) is 1. The summed E-state index contributed by atoms with van der Waals surface area (Å²) in [5.74, 6) is 0.139. The highest BCUT2D eigenvalue weighted by atomic mass is 32.1. The second-order valence-electron chi connectivity index (χ2n) is 5.23. The number of nitrogens with one attached hydrogen (secondary N) is 1. The Balaban J connectivity index is 1.77. The van der Waals surface area contributed by atoms with E-state index < -0.39 is 0 Å². The monoisotopic (exact) mass is 298 g/mol. The van der Waals surface area contributed by atoms with Crippen LogP contribution in [0, 0.1) is 0 Å². The first-order valence-electron chi connectivity index (χ1n) is 7.01. The topological polar surface area (TPSA) is 36.1 Å². The number of para-hydroxylation sites is 1. The minimum Gasteiger partial charge on any atom is -0.361 e. The zero-order valence-electron chi connectivity index (χ0n) is 12.2. The van der Waals surface area contributed by atoms with E-state index in [0.29, 0.717) is 6.42 Å². The van der Waals surface area contributed by atoms with Gasteiger partial charge in [-0.05, 0) is 30.0 Å². The molecule has 0 unspecified atom stereocenters. The number of rotatable bonds is 4. The number of fused-ring (bicyclic) bond motifs is 1. The van der Waals surface area contributed by atoms with Crippen molar-refractivity contribution in [2.24, 2.45) is 0 Å². The summed E-state index contributed by atoms with van der Waals surface area (Å²) in [6, 6.07) is 12.3. The Morgan fingerprint density at radius 2 is 2.10 bits per heavy atom. The van der Waals surface area contributed by atoms with Gasteiger partial charge in [0.25, 0.3) is 0 Å². The van der Waals surface area contributed by atoms with Crippen LogP contribution in [0.3, 0.4) is 0 Å². The number of carbonyl (C=O) groups is 1. The normalized spacial score (nSPS) is 12.5. The molecule has 0 radical (unpaired) electrons. The van der Waals surface area contributed by atoms with Crippen molar-refractivity contribution in [1.29, 1.82) is 0 Å². The molecule has 2 heterocycles. The molecule has 4 heteroatoms. The minimum absolute atomic E-state index is 0.114. The molecular formula is C17H18N2OS. The molecule has 3 aromatic rings. The van der Waals surface area contributed by atoms with Crippen molar-refractivity contribution in [3.05, 3.63) is 58.4 Å². The molecule has 1 N–H and O–H groups in total. The molecule has 1 aromatic carbocycles. The number of H-pyrrole nitrogens is 1. The Morgan fingerprint density at radius 3 is 2.86 bits per heavy atom. The van der Waals surface area contributed by atoms with Gasteiger partial charge in [-0.3, -0.25) is 4.79 Å². The number of likely N-dealkylation sites (N-methyl/N-ethyl adjacent to an activating group) is 1. The molecule has 0 saturated carbocycles. The summed E-state index contributed by atoms with van der Waals surface area (Å²) < 4.78 is 0. The van der Waals surface area contributed by atoms with Crippen LogP contribution in [0.5, 0.6) is 0 Å². The Bertz CT molecular complexity index is 745. The molecular weight excluding hydrogens is 280 g/mol. The average Bonchev–Trinajstić information content (AvgIpc) is 3.16. The van der Waals surface area contributed by atoms with Crippen LogP contribution in [0.2, 0.25) is 0 Å². The lowest BCUT2D eigenvalue weighted by molar-refractivity contribution is -0.131. The van der Waals surface area contributed by atoms with Crippen molar-refractivity contribution in [2.75, 3.05) is 7.05 Å². The fourth-order valence-electron chi connectivity index (χ4n) is 2.50. The Morgan fingerprint density at radius 1 is 1.29 bits per heavy atom. The number of aromatic nitrogens is 1. The molecule has 21 heavy (non-hydrogen) atoms. The van der Waals surface area contributed by atoms with Crippen molar-refractivity contribution < 1.29 is 4.79 Å². The molecule has 0 spiro atoms. The number of hydrogen-bond acceptors (Lipinski definition) is 2. The van der Waals surface area contributed by atoms with Gasteiger partial charge in [-0.15, -0.1) is 11.3 Å². The Labute approximate surface area is 128 Å². The quantitative estimate of drug-likeness (QED) is 0.776. The van der Waals surface area contributed by atoms with Gasteiger partial charge in [0.15, 0.2) is 0 Å². The van der Waals surface area contributed by atoms with Gasteiger partial charge in [-0.1, -0.05) is 24.3 Å². The molecule has 0 saturated heterocycles. The van der Waals surface area contributed by atoms with Gasteiger partial charge >= 0.3 is 0 Å². The summed E-state index contributed by atoms with van der Waals surface area (Å²) in [6.45, 7) is 2.07. The van der Waals surface area contributed by atoms with Gasteiger partial charge in [-0.25, -0.2) is 0 Å². The molecule has 1 amide bonds. The van der Waals surface area contributed by atoms with Crippen LogP contribution in [0.4, 0.5) is 0 Å². The fraction of sp³-hybridized carbons (Fsp3) is 0.235. The number of amides is 1. The van der Waals surface area contributed by atoms with Crippen LogP contribution in [0.25, 0.3) is 10.9 Å². The first-order valence-corrected chi connectivity index (χ1v) is 7.89. The van der Waals surface area contributed by atoms with Crippen molar-refractivity contribution in [3.63, 3.8) is 0 Å². The van der Waals surface area contributed by atoms with Gasteiger partial charge < -0.3 is 9.88 Å². The van der Waals surface area contributed by atoms with E-state index in [0.717, 1.165) is 16.5 Å². The number of aromatic amines is 1. The van der Waals surface area contributed by atoms with Crippen LogP contribution in [0.1, 0.15) is 23.4 Å². The maximum absolute atomic E-state index is 12.5. The second kappa shape index (κ2) is 5.74. The van der Waals surface area contributed by atoms with E-state index in [1.54, 1.807) is 11.3 Å². The van der Waals surface area contributed by atoms with Crippen molar-refractivity contribution in [1.82, 2.24) is 9.88 Å². The molecule has 0 bridgehead atoms. The van der Waals surface area contributed by atoms with Crippen molar-refractivity contribution in [3.8, 4) is 0 Å². The summed E-state index contributed by atoms with van der Waals surface area (Å²) in [6.07, 6.45) is 2.36. The second-order valence-corrected chi connectivity index (χ2v) is 6.21. The highest BCUT2D eigenvalue weighted by Crippen LogP contribution is 2.25. The van der Waals surface area contributed by atoms with E-state index in [4.69, 9.17) is 0 Å². The van der Waals surface area contributed by atoms with Gasteiger partial charge in [0, 0.05) is 29.0 Å². The third kappa shape index (κ3) is 2.72. The van der Waals surface area contributed by atoms with E-state index >= 15 is 0 Å². The van der Waals surface area contributed by atoms with E-state index in [9.17, 15) is 4.79 Å². The smallest absolute Gasteiger partial charge is 0.227 e. The third-order valence-electron chi connectivity index (χ3n) is 3.95. The average molecular weight is 298 g/mol. The van der Waals surface area contributed by atoms with Crippen LogP contribution in [-0.2, 0) is 11.2 Å². The lowest BCUT2D eigenvalue weighted by Gasteiger charge is -2.24. The first kappa shape index (κ1) is 13.9. The predicted molar refractivity (Wildman–Crippen MR) is 87.5 cm³/mol. The maximum atomic E-state index is 12.5. The number of benzene rings is 1. The summed E-state index contributed by atoms with van der Waals surface area (Å²) >= 11 is 1.69. The highest BCUT2D eigenvalue weighted by Gasteiger charge is 2.19. The molecule has 1 atom stereocenters. The zero-order chi connectivity index (χ0) is 14.8. The molecule has 2 aromatic heterocycles. The first-order chi connectivity index (χ1) is 10.2. The third-order valence-corrected chi connectivity index (χ3v) is 4.99. The Kier molecular flexibility index (Phi) is 3.80. The van der Waals surface area contributed by atoms with Crippen LogP contribution < -0.4 is 0 Å². The zero-order valence-corrected chi connectivity index (χ0v) is 13.0. The summed E-state index contributed by atoms with van der Waals surface area (Å²) in [5.41, 5.74) is 2.13. The molecule has 3 rings (SSSR count). The van der Waals surface area contributed by atoms with Gasteiger partial charge in [0.2, 0.25) is 5.91 Å². The van der Waals surface area contributed by atoms with E-state index in [1.807, 2.05) is 47.8 Å². The van der Waals surface area contributed by atoms with Crippen molar-refractivity contribution >= 4 is 28.1 Å². The predicted octanol–water partition coefficient (Wildman–Crippen LogP) is 3.99. The molecule has 0 aliphatic heterocycles. The summed E-state index contributed by atoms with van der Waals surface area (Å²) in [7, 11) is 1.88. The van der Waals surface area contributed by atoms with Crippen LogP contribution in [0.15, 0.2) is 48.0 Å². The van der Waals surface area contributed by atoms with Gasteiger partial charge in [-0.2, -0.15) is 0 Å². The minimum atomic E-state index is 0.114. The summed E-state index contributed by atoms with van der Waals surface area (Å²) in [4.78, 5) is 18.8. The van der Waals surface area contributed by atoms with E-state index in [-0.39, 0.29) is 11.9 Å². The lowest BCUT2D eigenvalue weighted by atomic mass is 10.1. The molecule has 0 aliphatic rings. The van der Waals surface area contributed by atoms with E-state index in [2.05, 4.69) is 24.0 Å². The van der Waals surface area contributed by atoms with Crippen LogP contribution >= 0.6 is 11.3 Å². The molecule has 3 nitrogen and oxygen atoms in total. The molecule has 0 fully saturated rings. The fourth-order valence-corrected chi connectivity index (χ4v) is 3.33. The lowest BCUT2D eigenvalue weighted by Crippen LogP contribution is -2.30. The molecule has 108 valence electrons. The number of nitrogens with zero attached hydrogens (tertiary/aromatic N) is 1. The maximum Gasteiger partial charge on any atom is 0.227 e. The van der Waals surface area contributed by atoms with E-state index in [1.165, 1.54) is 4.88 Å². The molecule has 0 aliphatic carbocycles. The largest absolute Gasteiger partial charge is 0.361 e. The summed E-state index contributed by atoms with van der Waals surface area (Å²) in [5, 5.41) is 3.17.